The van der Waals surface area contributed by atoms with Crippen molar-refractivity contribution < 1.29 is 18.7 Å². The lowest BCUT2D eigenvalue weighted by molar-refractivity contribution is -0.117. The van der Waals surface area contributed by atoms with E-state index in [-0.39, 0.29) is 35.9 Å². The summed E-state index contributed by atoms with van der Waals surface area (Å²) in [5.41, 5.74) is 0.379. The third-order valence-corrected chi connectivity index (χ3v) is 7.02. The Kier molecular flexibility index (Phi) is 6.27. The van der Waals surface area contributed by atoms with Gasteiger partial charge >= 0.3 is 6.09 Å². The number of carbonyl (C=O) groups is 2. The molecule has 0 aliphatic carbocycles. The van der Waals surface area contributed by atoms with Crippen molar-refractivity contribution in [1.29, 1.82) is 0 Å². The molecule has 0 N–H and O–H groups in total. The minimum absolute atomic E-state index is 0.0204. The standard InChI is InChI=1S/C23H32FN3O3/c1-3-30-23(29)27-18-8-9-19(27)15-20(14-18)25-12-10-17(11-13-25)26(16(2)28)22-7-5-4-6-21(22)24/h4-7,17-20H,3,8-15H2,1-2H3. The van der Waals surface area contributed by atoms with Crippen molar-refractivity contribution in [1.82, 2.24) is 9.80 Å². The summed E-state index contributed by atoms with van der Waals surface area (Å²) < 4.78 is 19.6. The molecule has 7 heteroatoms. The van der Waals surface area contributed by atoms with Crippen LogP contribution in [0.15, 0.2) is 24.3 Å². The van der Waals surface area contributed by atoms with Gasteiger partial charge in [0.25, 0.3) is 0 Å². The van der Waals surface area contributed by atoms with E-state index in [4.69, 9.17) is 4.74 Å². The molecule has 3 aliphatic heterocycles. The van der Waals surface area contributed by atoms with Crippen molar-refractivity contribution in [3.63, 3.8) is 0 Å². The first kappa shape index (κ1) is 21.1. The number of benzene rings is 1. The second kappa shape index (κ2) is 8.92. The van der Waals surface area contributed by atoms with E-state index in [9.17, 15) is 14.0 Å². The molecule has 0 spiro atoms. The number of rotatable bonds is 4. The molecule has 6 nitrogen and oxygen atoms in total. The van der Waals surface area contributed by atoms with Gasteiger partial charge in [0.2, 0.25) is 5.91 Å². The fourth-order valence-electron chi connectivity index (χ4n) is 5.72. The number of carbonyl (C=O) groups excluding carboxylic acids is 2. The molecule has 3 aliphatic rings. The van der Waals surface area contributed by atoms with E-state index in [1.807, 2.05) is 11.8 Å². The Morgan fingerprint density at radius 2 is 1.70 bits per heavy atom. The highest BCUT2D eigenvalue weighted by molar-refractivity contribution is 5.92. The number of hydrogen-bond donors (Lipinski definition) is 0. The summed E-state index contributed by atoms with van der Waals surface area (Å²) in [6.45, 7) is 5.57. The van der Waals surface area contributed by atoms with E-state index < -0.39 is 0 Å². The molecule has 2 amide bonds. The molecule has 3 fully saturated rings. The lowest BCUT2D eigenvalue weighted by Crippen LogP contribution is -2.55. The first-order valence-corrected chi connectivity index (χ1v) is 11.2. The van der Waals surface area contributed by atoms with Crippen LogP contribution in [0.3, 0.4) is 0 Å². The second-order valence-electron chi connectivity index (χ2n) is 8.72. The van der Waals surface area contributed by atoms with Gasteiger partial charge in [-0.1, -0.05) is 12.1 Å². The minimum atomic E-state index is -0.349. The van der Waals surface area contributed by atoms with Crippen LogP contribution < -0.4 is 4.90 Å². The van der Waals surface area contributed by atoms with Crippen LogP contribution in [-0.4, -0.2) is 65.7 Å². The monoisotopic (exact) mass is 417 g/mol. The Bertz CT molecular complexity index is 767. The quantitative estimate of drug-likeness (QED) is 0.748. The van der Waals surface area contributed by atoms with E-state index in [2.05, 4.69) is 4.90 Å². The van der Waals surface area contributed by atoms with Gasteiger partial charge in [0.05, 0.1) is 12.3 Å². The van der Waals surface area contributed by atoms with Crippen molar-refractivity contribution in [2.45, 2.75) is 76.5 Å². The van der Waals surface area contributed by atoms with Gasteiger partial charge in [-0.15, -0.1) is 0 Å². The van der Waals surface area contributed by atoms with Crippen LogP contribution in [0.5, 0.6) is 0 Å². The molecular weight excluding hydrogens is 385 g/mol. The Balaban J connectivity index is 1.38. The highest BCUT2D eigenvalue weighted by Crippen LogP contribution is 2.39. The molecule has 0 aromatic heterocycles. The van der Waals surface area contributed by atoms with Gasteiger partial charge in [-0.3, -0.25) is 4.79 Å². The van der Waals surface area contributed by atoms with Crippen LogP contribution in [-0.2, 0) is 9.53 Å². The maximum Gasteiger partial charge on any atom is 0.410 e. The summed E-state index contributed by atoms with van der Waals surface area (Å²) in [5, 5.41) is 0. The molecule has 1 aromatic carbocycles. The number of halogens is 1. The first-order valence-electron chi connectivity index (χ1n) is 11.2. The van der Waals surface area contributed by atoms with E-state index >= 15 is 0 Å². The number of likely N-dealkylation sites (tertiary alicyclic amines) is 1. The predicted molar refractivity (Wildman–Crippen MR) is 113 cm³/mol. The fourth-order valence-corrected chi connectivity index (χ4v) is 5.72. The largest absolute Gasteiger partial charge is 0.450 e. The second-order valence-corrected chi connectivity index (χ2v) is 8.72. The van der Waals surface area contributed by atoms with Crippen molar-refractivity contribution in [2.24, 2.45) is 0 Å². The molecule has 2 atom stereocenters. The van der Waals surface area contributed by atoms with Gasteiger partial charge in [-0.25, -0.2) is 9.18 Å². The van der Waals surface area contributed by atoms with E-state index in [1.165, 1.54) is 13.0 Å². The smallest absolute Gasteiger partial charge is 0.410 e. The molecule has 2 unspecified atom stereocenters. The molecule has 1 aromatic rings. The molecule has 30 heavy (non-hydrogen) atoms. The van der Waals surface area contributed by atoms with Crippen molar-refractivity contribution in [3.05, 3.63) is 30.1 Å². The fraction of sp³-hybridized carbons (Fsp3) is 0.652. The van der Waals surface area contributed by atoms with Crippen LogP contribution >= 0.6 is 0 Å². The number of para-hydroxylation sites is 1. The summed E-state index contributed by atoms with van der Waals surface area (Å²) in [6.07, 6.45) is 5.60. The third-order valence-electron chi connectivity index (χ3n) is 7.02. The molecule has 0 saturated carbocycles. The highest BCUT2D eigenvalue weighted by atomic mass is 19.1. The average Bonchev–Trinajstić information content (AvgIpc) is 3.00. The van der Waals surface area contributed by atoms with Crippen LogP contribution in [0.25, 0.3) is 0 Å². The zero-order chi connectivity index (χ0) is 21.3. The molecule has 0 radical (unpaired) electrons. The van der Waals surface area contributed by atoms with E-state index in [0.29, 0.717) is 18.3 Å². The van der Waals surface area contributed by atoms with Gasteiger partial charge in [0, 0.05) is 44.2 Å². The van der Waals surface area contributed by atoms with Crippen LogP contribution in [0.2, 0.25) is 0 Å². The Morgan fingerprint density at radius 1 is 1.07 bits per heavy atom. The molecule has 164 valence electrons. The summed E-state index contributed by atoms with van der Waals surface area (Å²) in [5.74, 6) is -0.461. The highest BCUT2D eigenvalue weighted by Gasteiger charge is 2.46. The Labute approximate surface area is 177 Å². The third kappa shape index (κ3) is 4.04. The summed E-state index contributed by atoms with van der Waals surface area (Å²) in [6, 6.07) is 7.56. The van der Waals surface area contributed by atoms with Crippen LogP contribution in [0, 0.1) is 5.82 Å². The SMILES string of the molecule is CCOC(=O)N1C2CCC1CC(N1CCC(N(C(C)=O)c3ccccc3F)CC1)C2. The zero-order valence-electron chi connectivity index (χ0n) is 17.9. The average molecular weight is 418 g/mol. The first-order chi connectivity index (χ1) is 14.5. The summed E-state index contributed by atoms with van der Waals surface area (Å²) in [7, 11) is 0. The number of ether oxygens (including phenoxy) is 1. The predicted octanol–water partition coefficient (Wildman–Crippen LogP) is 3.79. The van der Waals surface area contributed by atoms with Gasteiger partial charge in [-0.05, 0) is 57.6 Å². The topological polar surface area (TPSA) is 53.1 Å². The molecule has 3 heterocycles. The lowest BCUT2D eigenvalue weighted by Gasteiger charge is -2.46. The normalized spacial score (nSPS) is 27.2. The number of amides is 2. The Hall–Kier alpha value is -2.15. The van der Waals surface area contributed by atoms with Gasteiger partial charge in [0.1, 0.15) is 5.82 Å². The summed E-state index contributed by atoms with van der Waals surface area (Å²) >= 11 is 0. The van der Waals surface area contributed by atoms with Crippen molar-refractivity contribution in [3.8, 4) is 0 Å². The maximum absolute atomic E-state index is 14.3. The van der Waals surface area contributed by atoms with E-state index in [0.717, 1.165) is 51.6 Å². The van der Waals surface area contributed by atoms with Crippen molar-refractivity contribution >= 4 is 17.7 Å². The van der Waals surface area contributed by atoms with Gasteiger partial charge in [-0.2, -0.15) is 0 Å². The van der Waals surface area contributed by atoms with E-state index in [1.54, 1.807) is 23.1 Å². The zero-order valence-corrected chi connectivity index (χ0v) is 17.9. The number of hydrogen-bond acceptors (Lipinski definition) is 4. The number of anilines is 1. The molecular formula is C23H32FN3O3. The number of piperidine rings is 2. The molecule has 3 saturated heterocycles. The van der Waals surface area contributed by atoms with Crippen LogP contribution in [0.1, 0.15) is 52.4 Å². The van der Waals surface area contributed by atoms with Crippen LogP contribution in [0.4, 0.5) is 14.9 Å². The number of nitrogens with zero attached hydrogens (tertiary/aromatic N) is 3. The van der Waals surface area contributed by atoms with Gasteiger partial charge < -0.3 is 19.4 Å². The molecule has 4 rings (SSSR count). The maximum atomic E-state index is 14.3. The summed E-state index contributed by atoms with van der Waals surface area (Å²) in [4.78, 5) is 30.8. The Morgan fingerprint density at radius 3 is 2.27 bits per heavy atom. The van der Waals surface area contributed by atoms with Crippen molar-refractivity contribution in [2.75, 3.05) is 24.6 Å². The lowest BCUT2D eigenvalue weighted by atomic mass is 9.93. The number of fused-ring (bicyclic) bond motifs is 2. The van der Waals surface area contributed by atoms with Gasteiger partial charge in [0.15, 0.2) is 0 Å². The molecule has 2 bridgehead atoms. The minimum Gasteiger partial charge on any atom is -0.450 e.